The molecule has 0 N–H and O–H groups in total. The van der Waals surface area contributed by atoms with Crippen LogP contribution < -0.4 is 0 Å². The Bertz CT molecular complexity index is 500. The van der Waals surface area contributed by atoms with Crippen LogP contribution in [0, 0.1) is 6.92 Å². The van der Waals surface area contributed by atoms with Gasteiger partial charge < -0.3 is 0 Å². The fourth-order valence-corrected chi connectivity index (χ4v) is 1.38. The van der Waals surface area contributed by atoms with Crippen molar-refractivity contribution in [1.82, 2.24) is 9.78 Å². The zero-order valence-electron chi connectivity index (χ0n) is 8.49. The van der Waals surface area contributed by atoms with Gasteiger partial charge >= 0.3 is 6.18 Å². The molecular formula is C11H9F3N2. The van der Waals surface area contributed by atoms with Crippen molar-refractivity contribution in [3.8, 4) is 5.69 Å². The summed E-state index contributed by atoms with van der Waals surface area (Å²) in [7, 11) is 0. The van der Waals surface area contributed by atoms with Crippen molar-refractivity contribution in [1.29, 1.82) is 0 Å². The highest BCUT2D eigenvalue weighted by Crippen LogP contribution is 2.29. The quantitative estimate of drug-likeness (QED) is 0.730. The van der Waals surface area contributed by atoms with E-state index in [4.69, 9.17) is 0 Å². The van der Waals surface area contributed by atoms with Crippen molar-refractivity contribution < 1.29 is 13.2 Å². The van der Waals surface area contributed by atoms with Gasteiger partial charge in [0, 0.05) is 6.20 Å². The van der Waals surface area contributed by atoms with Crippen molar-refractivity contribution in [2.45, 2.75) is 13.1 Å². The summed E-state index contributed by atoms with van der Waals surface area (Å²) in [5.74, 6) is 0. The van der Waals surface area contributed by atoms with Gasteiger partial charge in [0.05, 0.1) is 17.4 Å². The fourth-order valence-electron chi connectivity index (χ4n) is 1.38. The van der Waals surface area contributed by atoms with E-state index in [0.717, 1.165) is 18.0 Å². The highest BCUT2D eigenvalue weighted by Gasteiger charge is 2.32. The van der Waals surface area contributed by atoms with Crippen LogP contribution in [-0.2, 0) is 6.18 Å². The molecule has 0 saturated heterocycles. The third-order valence-electron chi connectivity index (χ3n) is 2.18. The molecule has 0 amide bonds. The Hall–Kier alpha value is -1.78. The molecule has 0 aliphatic heterocycles. The lowest BCUT2D eigenvalue weighted by atomic mass is 10.2. The molecule has 0 unspecified atom stereocenters. The molecule has 0 aliphatic carbocycles. The van der Waals surface area contributed by atoms with E-state index in [9.17, 15) is 13.2 Å². The summed E-state index contributed by atoms with van der Waals surface area (Å²) in [6.07, 6.45) is -2.54. The molecule has 1 heterocycles. The summed E-state index contributed by atoms with van der Waals surface area (Å²) in [4.78, 5) is 0. The minimum atomic E-state index is -4.35. The molecule has 2 aromatic rings. The van der Waals surface area contributed by atoms with E-state index in [2.05, 4.69) is 5.10 Å². The van der Waals surface area contributed by atoms with Crippen LogP contribution >= 0.6 is 0 Å². The third-order valence-corrected chi connectivity index (χ3v) is 2.18. The highest BCUT2D eigenvalue weighted by atomic mass is 19.4. The molecule has 0 spiro atoms. The Morgan fingerprint density at radius 3 is 2.56 bits per heavy atom. The Morgan fingerprint density at radius 2 is 2.00 bits per heavy atom. The van der Waals surface area contributed by atoms with Gasteiger partial charge in [-0.25, -0.2) is 4.68 Å². The first-order valence-electron chi connectivity index (χ1n) is 4.66. The van der Waals surface area contributed by atoms with Gasteiger partial charge in [-0.1, -0.05) is 12.1 Å². The smallest absolute Gasteiger partial charge is 0.240 e. The van der Waals surface area contributed by atoms with E-state index in [0.29, 0.717) is 5.69 Å². The summed E-state index contributed by atoms with van der Waals surface area (Å²) in [6.45, 7) is 1.87. The van der Waals surface area contributed by atoms with Gasteiger partial charge in [0.1, 0.15) is 0 Å². The van der Waals surface area contributed by atoms with Crippen molar-refractivity contribution in [3.63, 3.8) is 0 Å². The molecule has 16 heavy (non-hydrogen) atoms. The number of halogens is 3. The highest BCUT2D eigenvalue weighted by molar-refractivity contribution is 5.35. The zero-order valence-corrected chi connectivity index (χ0v) is 8.49. The van der Waals surface area contributed by atoms with E-state index in [-0.39, 0.29) is 0 Å². The number of aromatic nitrogens is 2. The Labute approximate surface area is 90.3 Å². The van der Waals surface area contributed by atoms with Crippen LogP contribution in [0.5, 0.6) is 0 Å². The maximum absolute atomic E-state index is 12.3. The number of benzene rings is 1. The van der Waals surface area contributed by atoms with Crippen LogP contribution in [0.4, 0.5) is 13.2 Å². The average Bonchev–Trinajstić information content (AvgIpc) is 2.65. The van der Waals surface area contributed by atoms with E-state index in [1.807, 2.05) is 13.0 Å². The molecule has 1 aromatic carbocycles. The van der Waals surface area contributed by atoms with Crippen LogP contribution in [0.25, 0.3) is 5.69 Å². The number of hydrogen-bond acceptors (Lipinski definition) is 1. The van der Waals surface area contributed by atoms with Gasteiger partial charge in [-0.15, -0.1) is 0 Å². The van der Waals surface area contributed by atoms with Crippen LogP contribution in [0.3, 0.4) is 0 Å². The molecule has 5 heteroatoms. The second-order valence-electron chi connectivity index (χ2n) is 3.51. The minimum absolute atomic E-state index is 0.621. The standard InChI is InChI=1S/C11H9F3N2/c1-8-3-2-4-10(5-8)16-7-9(6-15-16)11(12,13)14/h2-7H,1H3. The van der Waals surface area contributed by atoms with E-state index < -0.39 is 11.7 Å². The maximum atomic E-state index is 12.3. The van der Waals surface area contributed by atoms with Crippen LogP contribution in [-0.4, -0.2) is 9.78 Å². The van der Waals surface area contributed by atoms with E-state index in [1.165, 1.54) is 4.68 Å². The van der Waals surface area contributed by atoms with Crippen molar-refractivity contribution in [3.05, 3.63) is 47.8 Å². The molecule has 0 fully saturated rings. The Morgan fingerprint density at radius 1 is 1.25 bits per heavy atom. The zero-order chi connectivity index (χ0) is 11.8. The van der Waals surface area contributed by atoms with Crippen molar-refractivity contribution >= 4 is 0 Å². The first kappa shape index (κ1) is 10.7. The van der Waals surface area contributed by atoms with E-state index in [1.54, 1.807) is 18.2 Å². The Kier molecular flexibility index (Phi) is 2.46. The van der Waals surface area contributed by atoms with Gasteiger partial charge in [0.25, 0.3) is 0 Å². The van der Waals surface area contributed by atoms with Crippen LogP contribution in [0.1, 0.15) is 11.1 Å². The molecule has 1 aromatic heterocycles. The summed E-state index contributed by atoms with van der Waals surface area (Å²) < 4.78 is 38.2. The maximum Gasteiger partial charge on any atom is 0.419 e. The number of alkyl halides is 3. The molecule has 84 valence electrons. The topological polar surface area (TPSA) is 17.8 Å². The van der Waals surface area contributed by atoms with Crippen molar-refractivity contribution in [2.24, 2.45) is 0 Å². The minimum Gasteiger partial charge on any atom is -0.240 e. The van der Waals surface area contributed by atoms with E-state index >= 15 is 0 Å². The second-order valence-corrected chi connectivity index (χ2v) is 3.51. The lowest BCUT2D eigenvalue weighted by Gasteiger charge is -2.03. The fraction of sp³-hybridized carbons (Fsp3) is 0.182. The van der Waals surface area contributed by atoms with Gasteiger partial charge in [-0.2, -0.15) is 18.3 Å². The molecule has 2 nitrogen and oxygen atoms in total. The van der Waals surface area contributed by atoms with Gasteiger partial charge in [0.15, 0.2) is 0 Å². The molecule has 0 aliphatic rings. The largest absolute Gasteiger partial charge is 0.419 e. The third kappa shape index (κ3) is 2.08. The molecule has 0 bridgehead atoms. The summed E-state index contributed by atoms with van der Waals surface area (Å²) in [5, 5.41) is 3.69. The summed E-state index contributed by atoms with van der Waals surface area (Å²) in [6, 6.07) is 7.13. The molecule has 0 radical (unpaired) electrons. The molecule has 0 atom stereocenters. The lowest BCUT2D eigenvalue weighted by Crippen LogP contribution is -2.03. The number of nitrogens with zero attached hydrogens (tertiary/aromatic N) is 2. The number of aryl methyl sites for hydroxylation is 1. The monoisotopic (exact) mass is 226 g/mol. The average molecular weight is 226 g/mol. The summed E-state index contributed by atoms with van der Waals surface area (Å²) in [5.41, 5.74) is 0.853. The van der Waals surface area contributed by atoms with Gasteiger partial charge in [-0.05, 0) is 24.6 Å². The molecule has 0 saturated carbocycles. The normalized spacial score (nSPS) is 11.8. The first-order valence-corrected chi connectivity index (χ1v) is 4.66. The number of hydrogen-bond donors (Lipinski definition) is 0. The summed E-state index contributed by atoms with van der Waals surface area (Å²) >= 11 is 0. The molecule has 2 rings (SSSR count). The second kappa shape index (κ2) is 3.66. The van der Waals surface area contributed by atoms with Crippen molar-refractivity contribution in [2.75, 3.05) is 0 Å². The first-order chi connectivity index (χ1) is 7.47. The molecular weight excluding hydrogens is 217 g/mol. The lowest BCUT2D eigenvalue weighted by molar-refractivity contribution is -0.137. The van der Waals surface area contributed by atoms with Gasteiger partial charge in [-0.3, -0.25) is 0 Å². The van der Waals surface area contributed by atoms with Crippen LogP contribution in [0.2, 0.25) is 0 Å². The predicted octanol–water partition coefficient (Wildman–Crippen LogP) is 3.20. The number of rotatable bonds is 1. The predicted molar refractivity (Wildman–Crippen MR) is 53.3 cm³/mol. The Balaban J connectivity index is 2.39. The van der Waals surface area contributed by atoms with Crippen LogP contribution in [0.15, 0.2) is 36.7 Å². The SMILES string of the molecule is Cc1cccc(-n2cc(C(F)(F)F)cn2)c1. The van der Waals surface area contributed by atoms with Gasteiger partial charge in [0.2, 0.25) is 0 Å².